The van der Waals surface area contributed by atoms with E-state index < -0.39 is 5.60 Å². The van der Waals surface area contributed by atoms with Crippen LogP contribution in [0.25, 0.3) is 0 Å². The largest absolute Gasteiger partial charge is 0.389 e. The van der Waals surface area contributed by atoms with Gasteiger partial charge in [-0.3, -0.25) is 0 Å². The highest BCUT2D eigenvalue weighted by Crippen LogP contribution is 2.37. The van der Waals surface area contributed by atoms with Gasteiger partial charge in [0.05, 0.1) is 11.7 Å². The number of rotatable bonds is 4. The van der Waals surface area contributed by atoms with Crippen LogP contribution in [0.4, 0.5) is 0 Å². The Morgan fingerprint density at radius 1 is 1.29 bits per heavy atom. The zero-order valence-electron chi connectivity index (χ0n) is 11.0. The van der Waals surface area contributed by atoms with Gasteiger partial charge in [0.1, 0.15) is 0 Å². The summed E-state index contributed by atoms with van der Waals surface area (Å²) < 4.78 is 5.49. The van der Waals surface area contributed by atoms with E-state index in [-0.39, 0.29) is 6.10 Å². The number of aryl methyl sites for hydroxylation is 2. The van der Waals surface area contributed by atoms with Crippen LogP contribution in [-0.2, 0) is 11.2 Å². The predicted octanol–water partition coefficient (Wildman–Crippen LogP) is 2.78. The normalized spacial score (nSPS) is 27.9. The van der Waals surface area contributed by atoms with Crippen LogP contribution in [-0.4, -0.2) is 23.4 Å². The third-order valence-corrected chi connectivity index (χ3v) is 3.72. The molecule has 1 aliphatic carbocycles. The quantitative estimate of drug-likeness (QED) is 0.868. The summed E-state index contributed by atoms with van der Waals surface area (Å²) in [5.41, 5.74) is 3.29. The summed E-state index contributed by atoms with van der Waals surface area (Å²) in [5.74, 6) is 0. The number of ether oxygens (including phenoxy) is 1. The molecule has 0 bridgehead atoms. The maximum Gasteiger partial charge on any atom is 0.0737 e. The van der Waals surface area contributed by atoms with E-state index in [9.17, 15) is 5.11 Å². The second-order valence-electron chi connectivity index (χ2n) is 5.31. The van der Waals surface area contributed by atoms with E-state index >= 15 is 0 Å². The summed E-state index contributed by atoms with van der Waals surface area (Å²) in [6.07, 6.45) is 2.55. The maximum absolute atomic E-state index is 10.3. The zero-order chi connectivity index (χ0) is 12.5. The summed E-state index contributed by atoms with van der Waals surface area (Å²) >= 11 is 0. The van der Waals surface area contributed by atoms with E-state index in [1.807, 2.05) is 6.92 Å². The van der Waals surface area contributed by atoms with Gasteiger partial charge in [0, 0.05) is 25.9 Å². The molecule has 0 aliphatic heterocycles. The fourth-order valence-corrected chi connectivity index (χ4v) is 2.58. The first kappa shape index (κ1) is 12.6. The first-order chi connectivity index (χ1) is 8.02. The van der Waals surface area contributed by atoms with Crippen LogP contribution < -0.4 is 0 Å². The van der Waals surface area contributed by atoms with E-state index in [2.05, 4.69) is 32.0 Å². The lowest BCUT2D eigenvalue weighted by Crippen LogP contribution is -2.49. The highest BCUT2D eigenvalue weighted by Gasteiger charge is 2.43. The number of hydrogen-bond acceptors (Lipinski definition) is 2. The van der Waals surface area contributed by atoms with Gasteiger partial charge in [-0.05, 0) is 37.5 Å². The Labute approximate surface area is 104 Å². The smallest absolute Gasteiger partial charge is 0.0737 e. The molecule has 1 N–H and O–H groups in total. The fraction of sp³-hybridized carbons (Fsp3) is 0.600. The van der Waals surface area contributed by atoms with Gasteiger partial charge in [0.15, 0.2) is 0 Å². The van der Waals surface area contributed by atoms with Crippen molar-refractivity contribution >= 4 is 0 Å². The van der Waals surface area contributed by atoms with Crippen LogP contribution in [0.2, 0.25) is 0 Å². The molecule has 2 nitrogen and oxygen atoms in total. The van der Waals surface area contributed by atoms with Crippen LogP contribution in [0.15, 0.2) is 18.2 Å². The van der Waals surface area contributed by atoms with E-state index in [4.69, 9.17) is 4.74 Å². The van der Waals surface area contributed by atoms with Crippen LogP contribution >= 0.6 is 0 Å². The van der Waals surface area contributed by atoms with Crippen molar-refractivity contribution in [3.05, 3.63) is 34.9 Å². The molecule has 2 rings (SSSR count). The third-order valence-electron chi connectivity index (χ3n) is 3.72. The van der Waals surface area contributed by atoms with Gasteiger partial charge in [-0.2, -0.15) is 0 Å². The standard InChI is InChI=1S/C15H22O2/c1-4-17-14-9-15(16,10-14)8-13-6-5-11(2)12(3)7-13/h5-7,14,16H,4,8-10H2,1-3H3. The summed E-state index contributed by atoms with van der Waals surface area (Å²) in [6.45, 7) is 6.97. The Bertz CT molecular complexity index is 392. The van der Waals surface area contributed by atoms with Crippen LogP contribution in [0.3, 0.4) is 0 Å². The van der Waals surface area contributed by atoms with Crippen molar-refractivity contribution in [1.82, 2.24) is 0 Å². The molecule has 1 aliphatic rings. The molecular formula is C15H22O2. The molecule has 1 aromatic carbocycles. The molecule has 0 aromatic heterocycles. The molecule has 0 spiro atoms. The fourth-order valence-electron chi connectivity index (χ4n) is 2.58. The molecular weight excluding hydrogens is 212 g/mol. The van der Waals surface area contributed by atoms with E-state index in [1.165, 1.54) is 16.7 Å². The monoisotopic (exact) mass is 234 g/mol. The zero-order valence-corrected chi connectivity index (χ0v) is 11.0. The van der Waals surface area contributed by atoms with Gasteiger partial charge in [-0.15, -0.1) is 0 Å². The number of aliphatic hydroxyl groups is 1. The first-order valence-electron chi connectivity index (χ1n) is 6.42. The minimum atomic E-state index is -0.540. The third kappa shape index (κ3) is 2.88. The molecule has 17 heavy (non-hydrogen) atoms. The van der Waals surface area contributed by atoms with Crippen molar-refractivity contribution in [2.75, 3.05) is 6.61 Å². The molecule has 0 heterocycles. The molecule has 0 unspecified atom stereocenters. The lowest BCUT2D eigenvalue weighted by atomic mass is 9.73. The van der Waals surface area contributed by atoms with Crippen LogP contribution in [0.5, 0.6) is 0 Å². The number of hydrogen-bond donors (Lipinski definition) is 1. The number of benzene rings is 1. The topological polar surface area (TPSA) is 29.5 Å². The molecule has 0 atom stereocenters. The Balaban J connectivity index is 1.95. The van der Waals surface area contributed by atoms with Gasteiger partial charge in [0.25, 0.3) is 0 Å². The van der Waals surface area contributed by atoms with Crippen molar-refractivity contribution in [1.29, 1.82) is 0 Å². The second-order valence-corrected chi connectivity index (χ2v) is 5.31. The molecule has 0 saturated heterocycles. The SMILES string of the molecule is CCOC1CC(O)(Cc2ccc(C)c(C)c2)C1. The lowest BCUT2D eigenvalue weighted by Gasteiger charge is -2.43. The molecule has 1 fully saturated rings. The van der Waals surface area contributed by atoms with E-state index in [1.54, 1.807) is 0 Å². The average Bonchev–Trinajstić information content (AvgIpc) is 2.22. The average molecular weight is 234 g/mol. The van der Waals surface area contributed by atoms with Crippen molar-refractivity contribution in [3.63, 3.8) is 0 Å². The maximum atomic E-state index is 10.3. The summed E-state index contributed by atoms with van der Waals surface area (Å²) in [7, 11) is 0. The molecule has 2 heteroatoms. The summed E-state index contributed by atoms with van der Waals surface area (Å²) in [4.78, 5) is 0. The van der Waals surface area contributed by atoms with Crippen LogP contribution in [0.1, 0.15) is 36.5 Å². The summed E-state index contributed by atoms with van der Waals surface area (Å²) in [6, 6.07) is 6.43. The van der Waals surface area contributed by atoms with Gasteiger partial charge in [-0.25, -0.2) is 0 Å². The Morgan fingerprint density at radius 3 is 2.59 bits per heavy atom. The van der Waals surface area contributed by atoms with Gasteiger partial charge >= 0.3 is 0 Å². The Morgan fingerprint density at radius 2 is 2.00 bits per heavy atom. The molecule has 1 aromatic rings. The van der Waals surface area contributed by atoms with Gasteiger partial charge in [0.2, 0.25) is 0 Å². The summed E-state index contributed by atoms with van der Waals surface area (Å²) in [5, 5.41) is 10.3. The molecule has 0 amide bonds. The van der Waals surface area contributed by atoms with E-state index in [0.29, 0.717) is 0 Å². The minimum Gasteiger partial charge on any atom is -0.389 e. The molecule has 1 saturated carbocycles. The van der Waals surface area contributed by atoms with Crippen molar-refractivity contribution in [2.45, 2.75) is 51.7 Å². The van der Waals surface area contributed by atoms with Crippen LogP contribution in [0, 0.1) is 13.8 Å². The highest BCUT2D eigenvalue weighted by atomic mass is 16.5. The lowest BCUT2D eigenvalue weighted by molar-refractivity contribution is -0.136. The predicted molar refractivity (Wildman–Crippen MR) is 69.2 cm³/mol. The van der Waals surface area contributed by atoms with Gasteiger partial charge in [-0.1, -0.05) is 18.2 Å². The van der Waals surface area contributed by atoms with Crippen molar-refractivity contribution in [3.8, 4) is 0 Å². The first-order valence-corrected chi connectivity index (χ1v) is 6.42. The highest BCUT2D eigenvalue weighted by molar-refractivity contribution is 5.31. The second kappa shape index (κ2) is 4.79. The Kier molecular flexibility index (Phi) is 3.55. The Hall–Kier alpha value is -0.860. The van der Waals surface area contributed by atoms with Crippen molar-refractivity contribution in [2.24, 2.45) is 0 Å². The minimum absolute atomic E-state index is 0.261. The van der Waals surface area contributed by atoms with E-state index in [0.717, 1.165) is 25.9 Å². The van der Waals surface area contributed by atoms with Gasteiger partial charge < -0.3 is 9.84 Å². The molecule has 94 valence electrons. The van der Waals surface area contributed by atoms with Crippen molar-refractivity contribution < 1.29 is 9.84 Å². The molecule has 0 radical (unpaired) electrons.